The molecule has 6 heteroatoms. The van der Waals surface area contributed by atoms with Gasteiger partial charge in [-0.05, 0) is 42.9 Å². The molecular formula is C17H20FNO4. The lowest BCUT2D eigenvalue weighted by Gasteiger charge is -2.33. The van der Waals surface area contributed by atoms with Crippen LogP contribution < -0.4 is 0 Å². The fourth-order valence-corrected chi connectivity index (χ4v) is 3.32. The van der Waals surface area contributed by atoms with E-state index in [0.29, 0.717) is 32.5 Å². The summed E-state index contributed by atoms with van der Waals surface area (Å²) >= 11 is 0. The highest BCUT2D eigenvalue weighted by Crippen LogP contribution is 2.49. The summed E-state index contributed by atoms with van der Waals surface area (Å²) in [5, 5.41) is 9.11. The summed E-state index contributed by atoms with van der Waals surface area (Å²) < 4.78 is 18.6. The third-order valence-corrected chi connectivity index (χ3v) is 4.60. The Kier molecular flexibility index (Phi) is 4.61. The quantitative estimate of drug-likeness (QED) is 0.901. The first-order chi connectivity index (χ1) is 11.1. The van der Waals surface area contributed by atoms with Gasteiger partial charge >= 0.3 is 5.97 Å². The lowest BCUT2D eigenvalue weighted by Crippen LogP contribution is -2.46. The highest BCUT2D eigenvalue weighted by Gasteiger charge is 2.47. The Balaban J connectivity index is 1.70. The highest BCUT2D eigenvalue weighted by atomic mass is 19.1. The molecule has 1 amide bonds. The van der Waals surface area contributed by atoms with E-state index in [1.807, 2.05) is 6.07 Å². The number of nitrogens with zero attached hydrogens (tertiary/aromatic N) is 1. The van der Waals surface area contributed by atoms with Gasteiger partial charge in [0.05, 0.1) is 0 Å². The van der Waals surface area contributed by atoms with Gasteiger partial charge in [0.25, 0.3) is 0 Å². The molecule has 124 valence electrons. The van der Waals surface area contributed by atoms with Crippen LogP contribution in [0.15, 0.2) is 24.3 Å². The van der Waals surface area contributed by atoms with Gasteiger partial charge < -0.3 is 14.7 Å². The van der Waals surface area contributed by atoms with Crippen molar-refractivity contribution in [3.05, 3.63) is 35.6 Å². The summed E-state index contributed by atoms with van der Waals surface area (Å²) in [6.45, 7) is 0.813. The number of amides is 1. The molecule has 0 aromatic heterocycles. The van der Waals surface area contributed by atoms with E-state index in [1.165, 1.54) is 17.0 Å². The zero-order valence-corrected chi connectivity index (χ0v) is 12.8. The lowest BCUT2D eigenvalue weighted by atomic mass is 10.0. The number of benzene rings is 1. The Labute approximate surface area is 134 Å². The first kappa shape index (κ1) is 15.9. The summed E-state index contributed by atoms with van der Waals surface area (Å²) in [5.41, 5.74) is 0.811. The summed E-state index contributed by atoms with van der Waals surface area (Å²) in [4.78, 5) is 25.3. The minimum atomic E-state index is -1.01. The molecule has 1 saturated carbocycles. The molecule has 1 N–H and O–H groups in total. The number of carbonyl (C=O) groups is 2. The monoisotopic (exact) mass is 321 g/mol. The van der Waals surface area contributed by atoms with Gasteiger partial charge in [-0.15, -0.1) is 0 Å². The molecule has 0 radical (unpaired) electrons. The fourth-order valence-electron chi connectivity index (χ4n) is 3.32. The van der Waals surface area contributed by atoms with Crippen molar-refractivity contribution in [3.8, 4) is 0 Å². The number of carboxylic acid groups (broad SMARTS) is 1. The number of hydrogen-bond acceptors (Lipinski definition) is 3. The Hall–Kier alpha value is -1.95. The van der Waals surface area contributed by atoms with E-state index in [0.717, 1.165) is 5.56 Å². The molecule has 2 aliphatic rings. The van der Waals surface area contributed by atoms with Crippen molar-refractivity contribution in [3.63, 3.8) is 0 Å². The van der Waals surface area contributed by atoms with Crippen molar-refractivity contribution >= 4 is 11.9 Å². The predicted octanol–water partition coefficient (Wildman–Crippen LogP) is 2.02. The Bertz CT molecular complexity index is 600. The van der Waals surface area contributed by atoms with Crippen LogP contribution in [0.1, 0.15) is 30.7 Å². The largest absolute Gasteiger partial charge is 0.480 e. The highest BCUT2D eigenvalue weighted by molar-refractivity contribution is 5.86. The maximum Gasteiger partial charge on any atom is 0.323 e. The van der Waals surface area contributed by atoms with Crippen LogP contribution in [0, 0.1) is 11.7 Å². The molecule has 0 spiro atoms. The van der Waals surface area contributed by atoms with Gasteiger partial charge in [-0.3, -0.25) is 9.59 Å². The van der Waals surface area contributed by atoms with Gasteiger partial charge in [-0.2, -0.15) is 0 Å². The molecule has 1 aliphatic carbocycles. The molecule has 3 rings (SSSR count). The van der Waals surface area contributed by atoms with E-state index in [4.69, 9.17) is 9.84 Å². The maximum atomic E-state index is 13.3. The summed E-state index contributed by atoms with van der Waals surface area (Å²) in [6.07, 6.45) is 1.98. The molecule has 1 aliphatic heterocycles. The van der Waals surface area contributed by atoms with Crippen molar-refractivity contribution in [2.45, 2.75) is 31.2 Å². The first-order valence-corrected chi connectivity index (χ1v) is 7.91. The SMILES string of the molecule is O=C(O)CN(C(=O)[C@H]1C[C@H]1c1cccc(F)c1)C1CCOCC1. The minimum Gasteiger partial charge on any atom is -0.480 e. The fraction of sp³-hybridized carbons (Fsp3) is 0.529. The van der Waals surface area contributed by atoms with E-state index < -0.39 is 5.97 Å². The zero-order valence-electron chi connectivity index (χ0n) is 12.8. The van der Waals surface area contributed by atoms with Crippen molar-refractivity contribution in [1.29, 1.82) is 0 Å². The second kappa shape index (κ2) is 6.66. The van der Waals surface area contributed by atoms with Gasteiger partial charge in [0.1, 0.15) is 12.4 Å². The third kappa shape index (κ3) is 3.69. The molecule has 1 aromatic carbocycles. The zero-order chi connectivity index (χ0) is 16.4. The number of carbonyl (C=O) groups excluding carboxylic acids is 1. The summed E-state index contributed by atoms with van der Waals surface area (Å²) in [6, 6.07) is 6.20. The third-order valence-electron chi connectivity index (χ3n) is 4.60. The Morgan fingerprint density at radius 3 is 2.70 bits per heavy atom. The number of hydrogen-bond donors (Lipinski definition) is 1. The van der Waals surface area contributed by atoms with Gasteiger partial charge in [0.15, 0.2) is 0 Å². The number of halogens is 1. The van der Waals surface area contributed by atoms with Crippen molar-refractivity contribution in [2.24, 2.45) is 5.92 Å². The van der Waals surface area contributed by atoms with E-state index in [2.05, 4.69) is 0 Å². The average Bonchev–Trinajstić information content (AvgIpc) is 3.33. The molecule has 2 atom stereocenters. The van der Waals surface area contributed by atoms with E-state index in [1.54, 1.807) is 6.07 Å². The van der Waals surface area contributed by atoms with Crippen LogP contribution >= 0.6 is 0 Å². The first-order valence-electron chi connectivity index (χ1n) is 7.91. The smallest absolute Gasteiger partial charge is 0.323 e. The van der Waals surface area contributed by atoms with Crippen molar-refractivity contribution in [1.82, 2.24) is 4.90 Å². The Morgan fingerprint density at radius 1 is 1.30 bits per heavy atom. The normalized spacial score (nSPS) is 24.2. The van der Waals surface area contributed by atoms with E-state index in [9.17, 15) is 14.0 Å². The molecule has 2 fully saturated rings. The van der Waals surface area contributed by atoms with Crippen LogP contribution in [0.25, 0.3) is 0 Å². The standard InChI is InChI=1S/C17H20FNO4/c18-12-3-1-2-11(8-12)14-9-15(14)17(22)19(10-16(20)21)13-4-6-23-7-5-13/h1-3,8,13-15H,4-7,9-10H2,(H,20,21)/t14-,15-/m0/s1. The molecular weight excluding hydrogens is 301 g/mol. The minimum absolute atomic E-state index is 0.00524. The molecule has 0 unspecified atom stereocenters. The summed E-state index contributed by atoms with van der Waals surface area (Å²) in [5.74, 6) is -1.69. The van der Waals surface area contributed by atoms with E-state index >= 15 is 0 Å². The number of rotatable bonds is 5. The number of ether oxygens (including phenoxy) is 1. The van der Waals surface area contributed by atoms with Crippen LogP contribution in [0.3, 0.4) is 0 Å². The molecule has 5 nitrogen and oxygen atoms in total. The predicted molar refractivity (Wildman–Crippen MR) is 80.4 cm³/mol. The summed E-state index contributed by atoms with van der Waals surface area (Å²) in [7, 11) is 0. The van der Waals surface area contributed by atoms with E-state index in [-0.39, 0.29) is 36.1 Å². The molecule has 23 heavy (non-hydrogen) atoms. The molecule has 1 heterocycles. The van der Waals surface area contributed by atoms with Gasteiger partial charge in [0.2, 0.25) is 5.91 Å². The van der Waals surface area contributed by atoms with Crippen LogP contribution in [0.2, 0.25) is 0 Å². The lowest BCUT2D eigenvalue weighted by molar-refractivity contribution is -0.148. The van der Waals surface area contributed by atoms with Crippen LogP contribution in [-0.2, 0) is 14.3 Å². The second-order valence-corrected chi connectivity index (χ2v) is 6.21. The molecule has 1 saturated heterocycles. The topological polar surface area (TPSA) is 66.8 Å². The molecule has 1 aromatic rings. The van der Waals surface area contributed by atoms with Crippen LogP contribution in [-0.4, -0.2) is 47.7 Å². The van der Waals surface area contributed by atoms with Crippen molar-refractivity contribution < 1.29 is 23.8 Å². The van der Waals surface area contributed by atoms with Gasteiger partial charge in [-0.25, -0.2) is 4.39 Å². The van der Waals surface area contributed by atoms with Crippen LogP contribution in [0.5, 0.6) is 0 Å². The maximum absolute atomic E-state index is 13.3. The Morgan fingerprint density at radius 2 is 2.04 bits per heavy atom. The number of carboxylic acids is 1. The van der Waals surface area contributed by atoms with Gasteiger partial charge in [0, 0.05) is 25.2 Å². The number of aliphatic carboxylic acids is 1. The van der Waals surface area contributed by atoms with Crippen LogP contribution in [0.4, 0.5) is 4.39 Å². The van der Waals surface area contributed by atoms with Gasteiger partial charge in [-0.1, -0.05) is 12.1 Å². The second-order valence-electron chi connectivity index (χ2n) is 6.21. The van der Waals surface area contributed by atoms with Crippen molar-refractivity contribution in [2.75, 3.05) is 19.8 Å². The molecule has 0 bridgehead atoms. The average molecular weight is 321 g/mol.